The average Bonchev–Trinajstić information content (AvgIpc) is 2.37. The molecule has 0 radical (unpaired) electrons. The largest absolute Gasteiger partial charge is 0.326 e. The number of amides is 1. The third-order valence-electron chi connectivity index (χ3n) is 3.26. The van der Waals surface area contributed by atoms with E-state index in [0.29, 0.717) is 5.56 Å². The highest BCUT2D eigenvalue weighted by molar-refractivity contribution is 5.93. The van der Waals surface area contributed by atoms with Crippen molar-refractivity contribution in [3.63, 3.8) is 0 Å². The Hall–Kier alpha value is -2.16. The molecule has 0 saturated heterocycles. The Labute approximate surface area is 125 Å². The molecule has 0 aliphatic carbocycles. The lowest BCUT2D eigenvalue weighted by atomic mass is 9.86. The van der Waals surface area contributed by atoms with E-state index in [1.165, 1.54) is 12.1 Å². The number of hydrogen-bond acceptors (Lipinski definition) is 1. The molecule has 2 nitrogen and oxygen atoms in total. The summed E-state index contributed by atoms with van der Waals surface area (Å²) in [5.74, 6) is -0.465. The quantitative estimate of drug-likeness (QED) is 0.894. The number of hydrogen-bond donors (Lipinski definition) is 1. The molecular formula is C18H20FNO. The van der Waals surface area contributed by atoms with Gasteiger partial charge in [0.1, 0.15) is 5.82 Å². The molecule has 0 spiro atoms. The van der Waals surface area contributed by atoms with Gasteiger partial charge in [0, 0.05) is 5.69 Å². The van der Waals surface area contributed by atoms with Crippen LogP contribution in [0.25, 0.3) is 0 Å². The fraction of sp³-hybridized carbons (Fsp3) is 0.278. The number of anilines is 1. The van der Waals surface area contributed by atoms with Crippen molar-refractivity contribution in [1.82, 2.24) is 0 Å². The van der Waals surface area contributed by atoms with E-state index in [9.17, 15) is 9.18 Å². The first-order valence-electron chi connectivity index (χ1n) is 7.00. The van der Waals surface area contributed by atoms with Crippen LogP contribution in [0.2, 0.25) is 0 Å². The minimum Gasteiger partial charge on any atom is -0.326 e. The van der Waals surface area contributed by atoms with Crippen molar-refractivity contribution in [2.75, 3.05) is 5.32 Å². The molecule has 0 unspecified atom stereocenters. The summed E-state index contributed by atoms with van der Waals surface area (Å²) in [6, 6.07) is 13.9. The van der Waals surface area contributed by atoms with Gasteiger partial charge in [-0.15, -0.1) is 0 Å². The second kappa shape index (κ2) is 6.08. The normalized spacial score (nSPS) is 11.2. The SMILES string of the molecule is CC(C)(C)c1ccccc1NC(=O)Cc1cccc(F)c1. The number of para-hydroxylation sites is 1. The van der Waals surface area contributed by atoms with Crippen molar-refractivity contribution in [1.29, 1.82) is 0 Å². The van der Waals surface area contributed by atoms with Crippen LogP contribution in [0, 0.1) is 5.82 Å². The molecule has 3 heteroatoms. The second-order valence-electron chi connectivity index (χ2n) is 6.15. The molecule has 0 atom stereocenters. The van der Waals surface area contributed by atoms with Crippen LogP contribution in [0.5, 0.6) is 0 Å². The van der Waals surface area contributed by atoms with Gasteiger partial charge >= 0.3 is 0 Å². The second-order valence-corrected chi connectivity index (χ2v) is 6.15. The molecule has 0 saturated carbocycles. The highest BCUT2D eigenvalue weighted by Crippen LogP contribution is 2.29. The summed E-state index contributed by atoms with van der Waals surface area (Å²) in [6.07, 6.45) is 0.163. The van der Waals surface area contributed by atoms with Gasteiger partial charge in [-0.2, -0.15) is 0 Å². The Morgan fingerprint density at radius 2 is 1.81 bits per heavy atom. The summed E-state index contributed by atoms with van der Waals surface area (Å²) in [6.45, 7) is 6.31. The van der Waals surface area contributed by atoms with E-state index in [4.69, 9.17) is 0 Å². The smallest absolute Gasteiger partial charge is 0.228 e. The monoisotopic (exact) mass is 285 g/mol. The zero-order valence-corrected chi connectivity index (χ0v) is 12.6. The van der Waals surface area contributed by atoms with Crippen molar-refractivity contribution in [3.05, 3.63) is 65.5 Å². The van der Waals surface area contributed by atoms with E-state index in [1.807, 2.05) is 24.3 Å². The molecule has 1 amide bonds. The maximum Gasteiger partial charge on any atom is 0.228 e. The summed E-state index contributed by atoms with van der Waals surface area (Å²) in [7, 11) is 0. The van der Waals surface area contributed by atoms with Gasteiger partial charge in [-0.3, -0.25) is 4.79 Å². The van der Waals surface area contributed by atoms with Crippen molar-refractivity contribution in [2.45, 2.75) is 32.6 Å². The molecule has 0 fully saturated rings. The molecular weight excluding hydrogens is 265 g/mol. The predicted molar refractivity (Wildman–Crippen MR) is 83.9 cm³/mol. The number of nitrogens with one attached hydrogen (secondary N) is 1. The molecule has 0 aliphatic heterocycles. The Kier molecular flexibility index (Phi) is 4.41. The maximum atomic E-state index is 13.1. The number of rotatable bonds is 3. The van der Waals surface area contributed by atoms with Crippen LogP contribution in [0.1, 0.15) is 31.9 Å². The number of carbonyl (C=O) groups is 1. The van der Waals surface area contributed by atoms with Crippen LogP contribution >= 0.6 is 0 Å². The molecule has 0 heterocycles. The van der Waals surface area contributed by atoms with Gasteiger partial charge in [-0.1, -0.05) is 51.1 Å². The minimum atomic E-state index is -0.324. The Morgan fingerprint density at radius 1 is 1.10 bits per heavy atom. The Balaban J connectivity index is 2.14. The van der Waals surface area contributed by atoms with Gasteiger partial charge in [0.25, 0.3) is 0 Å². The summed E-state index contributed by atoms with van der Waals surface area (Å²) in [5, 5.41) is 2.92. The summed E-state index contributed by atoms with van der Waals surface area (Å²) in [5.41, 5.74) is 2.51. The molecule has 0 aromatic heterocycles. The van der Waals surface area contributed by atoms with Crippen LogP contribution in [0.15, 0.2) is 48.5 Å². The molecule has 21 heavy (non-hydrogen) atoms. The lowest BCUT2D eigenvalue weighted by Crippen LogP contribution is -2.19. The first kappa shape index (κ1) is 15.2. The zero-order valence-electron chi connectivity index (χ0n) is 12.6. The zero-order chi connectivity index (χ0) is 15.5. The van der Waals surface area contributed by atoms with Crippen molar-refractivity contribution >= 4 is 11.6 Å². The van der Waals surface area contributed by atoms with Crippen LogP contribution in [0.3, 0.4) is 0 Å². The van der Waals surface area contributed by atoms with E-state index in [1.54, 1.807) is 12.1 Å². The number of carbonyl (C=O) groups excluding carboxylic acids is 1. The Bertz CT molecular complexity index is 644. The van der Waals surface area contributed by atoms with Crippen molar-refractivity contribution in [3.8, 4) is 0 Å². The lowest BCUT2D eigenvalue weighted by Gasteiger charge is -2.23. The van der Waals surface area contributed by atoms with Crippen LogP contribution in [0.4, 0.5) is 10.1 Å². The van der Waals surface area contributed by atoms with Gasteiger partial charge in [0.2, 0.25) is 5.91 Å². The molecule has 110 valence electrons. The van der Waals surface area contributed by atoms with Gasteiger partial charge in [0.15, 0.2) is 0 Å². The van der Waals surface area contributed by atoms with Gasteiger partial charge < -0.3 is 5.32 Å². The standard InChI is InChI=1S/C18H20FNO/c1-18(2,3)15-9-4-5-10-16(15)20-17(21)12-13-7-6-8-14(19)11-13/h4-11H,12H2,1-3H3,(H,20,21). The van der Waals surface area contributed by atoms with E-state index in [2.05, 4.69) is 26.1 Å². The van der Waals surface area contributed by atoms with Crippen LogP contribution in [-0.4, -0.2) is 5.91 Å². The predicted octanol–water partition coefficient (Wildman–Crippen LogP) is 4.30. The number of halogens is 1. The fourth-order valence-corrected chi connectivity index (χ4v) is 2.27. The first-order valence-corrected chi connectivity index (χ1v) is 7.00. The topological polar surface area (TPSA) is 29.1 Å². The highest BCUT2D eigenvalue weighted by Gasteiger charge is 2.18. The van der Waals surface area contributed by atoms with Crippen LogP contribution < -0.4 is 5.32 Å². The Morgan fingerprint density at radius 3 is 2.48 bits per heavy atom. The molecule has 0 bridgehead atoms. The summed E-state index contributed by atoms with van der Waals surface area (Å²) in [4.78, 5) is 12.1. The minimum absolute atomic E-state index is 0.0528. The lowest BCUT2D eigenvalue weighted by molar-refractivity contribution is -0.115. The van der Waals surface area contributed by atoms with E-state index in [0.717, 1.165) is 11.3 Å². The molecule has 2 aromatic rings. The average molecular weight is 285 g/mol. The molecule has 2 rings (SSSR count). The van der Waals surface area contributed by atoms with Crippen molar-refractivity contribution < 1.29 is 9.18 Å². The number of benzene rings is 2. The fourth-order valence-electron chi connectivity index (χ4n) is 2.27. The van der Waals surface area contributed by atoms with E-state index in [-0.39, 0.29) is 23.6 Å². The van der Waals surface area contributed by atoms with Crippen molar-refractivity contribution in [2.24, 2.45) is 0 Å². The maximum absolute atomic E-state index is 13.1. The van der Waals surface area contributed by atoms with Gasteiger partial charge in [0.05, 0.1) is 6.42 Å². The first-order chi connectivity index (χ1) is 9.86. The molecule has 2 aromatic carbocycles. The van der Waals surface area contributed by atoms with E-state index < -0.39 is 0 Å². The van der Waals surface area contributed by atoms with Crippen LogP contribution in [-0.2, 0) is 16.6 Å². The molecule has 0 aliphatic rings. The highest BCUT2D eigenvalue weighted by atomic mass is 19.1. The third kappa shape index (κ3) is 4.15. The van der Waals surface area contributed by atoms with E-state index >= 15 is 0 Å². The summed E-state index contributed by atoms with van der Waals surface area (Å²) < 4.78 is 13.1. The van der Waals surface area contributed by atoms with Gasteiger partial charge in [-0.05, 0) is 34.7 Å². The molecule has 1 N–H and O–H groups in total. The van der Waals surface area contributed by atoms with Gasteiger partial charge in [-0.25, -0.2) is 4.39 Å². The third-order valence-corrected chi connectivity index (χ3v) is 3.26. The summed E-state index contributed by atoms with van der Waals surface area (Å²) >= 11 is 0.